The molecule has 0 heterocycles. The second-order valence-electron chi connectivity index (χ2n) is 13.0. The number of esters is 1. The van der Waals surface area contributed by atoms with Crippen LogP contribution >= 0.6 is 0 Å². The Kier molecular flexibility index (Phi) is 14.8. The minimum absolute atomic E-state index is 0.0980. The third kappa shape index (κ3) is 12.6. The molecule has 0 aliphatic rings. The van der Waals surface area contributed by atoms with Crippen molar-refractivity contribution in [3.05, 3.63) is 28.8 Å². The Bertz CT molecular complexity index is 716. The zero-order valence-electron chi connectivity index (χ0n) is 25.1. The summed E-state index contributed by atoms with van der Waals surface area (Å²) in [6.07, 6.45) is 16.3. The monoisotopic (exact) mass is 502 g/mol. The van der Waals surface area contributed by atoms with E-state index in [1.54, 1.807) is 0 Å². The number of rotatable bonds is 17. The Labute approximate surface area is 223 Å². The van der Waals surface area contributed by atoms with Crippen molar-refractivity contribution in [2.24, 2.45) is 5.92 Å². The standard InChI is InChI=1S/C33H58O3/c1-9-11-13-15-16-18-20-26(19-17-14-12-10-2)25-36-30(34)22-21-27-23-28(32(3,4)5)31(35)29(24-27)33(6,7)8/h23-24,26,35H,9-22,25H2,1-8H3. The van der Waals surface area contributed by atoms with Crippen LogP contribution in [0.25, 0.3) is 0 Å². The lowest BCUT2D eigenvalue weighted by Gasteiger charge is -2.28. The molecule has 3 heteroatoms. The SMILES string of the molecule is CCCCCCCCC(CCCCCC)COC(=O)CCc1cc(C(C)(C)C)c(O)c(C(C)(C)C)c1. The Morgan fingerprint density at radius 1 is 0.778 bits per heavy atom. The number of benzene rings is 1. The summed E-state index contributed by atoms with van der Waals surface area (Å²) >= 11 is 0. The van der Waals surface area contributed by atoms with Crippen LogP contribution in [-0.4, -0.2) is 17.7 Å². The van der Waals surface area contributed by atoms with Gasteiger partial charge in [-0.15, -0.1) is 0 Å². The number of carbonyl (C=O) groups excluding carboxylic acids is 1. The number of aryl methyl sites for hydroxylation is 1. The summed E-state index contributed by atoms with van der Waals surface area (Å²) in [5.41, 5.74) is 2.67. The molecule has 0 spiro atoms. The molecule has 1 atom stereocenters. The van der Waals surface area contributed by atoms with Gasteiger partial charge in [-0.25, -0.2) is 0 Å². The zero-order valence-corrected chi connectivity index (χ0v) is 25.1. The average Bonchev–Trinajstić information content (AvgIpc) is 2.79. The van der Waals surface area contributed by atoms with Crippen molar-refractivity contribution < 1.29 is 14.6 Å². The number of unbranched alkanes of at least 4 members (excludes halogenated alkanes) is 8. The van der Waals surface area contributed by atoms with Crippen LogP contribution in [0.3, 0.4) is 0 Å². The quantitative estimate of drug-likeness (QED) is 0.170. The zero-order chi connectivity index (χ0) is 27.2. The van der Waals surface area contributed by atoms with E-state index in [4.69, 9.17) is 4.74 Å². The number of aromatic hydroxyl groups is 1. The molecule has 0 amide bonds. The van der Waals surface area contributed by atoms with E-state index < -0.39 is 0 Å². The molecule has 0 radical (unpaired) electrons. The first-order valence-corrected chi connectivity index (χ1v) is 14.9. The highest BCUT2D eigenvalue weighted by molar-refractivity contribution is 5.69. The maximum absolute atomic E-state index is 12.7. The van der Waals surface area contributed by atoms with Crippen LogP contribution in [0.5, 0.6) is 5.75 Å². The molecule has 1 aromatic rings. The van der Waals surface area contributed by atoms with E-state index >= 15 is 0 Å². The Balaban J connectivity index is 2.69. The summed E-state index contributed by atoms with van der Waals surface area (Å²) < 4.78 is 5.81. The second-order valence-corrected chi connectivity index (χ2v) is 13.0. The number of carbonyl (C=O) groups is 1. The van der Waals surface area contributed by atoms with E-state index in [9.17, 15) is 9.90 Å². The fourth-order valence-electron chi connectivity index (χ4n) is 4.90. The number of hydrogen-bond donors (Lipinski definition) is 1. The Morgan fingerprint density at radius 3 is 1.69 bits per heavy atom. The van der Waals surface area contributed by atoms with E-state index in [2.05, 4.69) is 67.5 Å². The van der Waals surface area contributed by atoms with E-state index in [-0.39, 0.29) is 16.8 Å². The van der Waals surface area contributed by atoms with Crippen molar-refractivity contribution in [1.29, 1.82) is 0 Å². The van der Waals surface area contributed by atoms with Crippen molar-refractivity contribution in [1.82, 2.24) is 0 Å². The molecule has 3 nitrogen and oxygen atoms in total. The van der Waals surface area contributed by atoms with Crippen LogP contribution in [-0.2, 0) is 26.8 Å². The van der Waals surface area contributed by atoms with Gasteiger partial charge in [0, 0.05) is 6.42 Å². The summed E-state index contributed by atoms with van der Waals surface area (Å²) in [5, 5.41) is 11.0. The third-order valence-corrected chi connectivity index (χ3v) is 7.32. The van der Waals surface area contributed by atoms with Crippen LogP contribution in [0.2, 0.25) is 0 Å². The Morgan fingerprint density at radius 2 is 1.22 bits per heavy atom. The van der Waals surface area contributed by atoms with Gasteiger partial charge in [0.05, 0.1) is 6.61 Å². The average molecular weight is 503 g/mol. The van der Waals surface area contributed by atoms with E-state index in [0.717, 1.165) is 16.7 Å². The highest BCUT2D eigenvalue weighted by Gasteiger charge is 2.26. The maximum atomic E-state index is 12.7. The van der Waals surface area contributed by atoms with Crippen molar-refractivity contribution in [3.63, 3.8) is 0 Å². The molecule has 36 heavy (non-hydrogen) atoms. The summed E-state index contributed by atoms with van der Waals surface area (Å²) in [4.78, 5) is 12.7. The molecule has 1 N–H and O–H groups in total. The summed E-state index contributed by atoms with van der Waals surface area (Å²) in [6, 6.07) is 4.15. The van der Waals surface area contributed by atoms with Crippen molar-refractivity contribution >= 4 is 5.97 Å². The predicted molar refractivity (Wildman–Crippen MR) is 155 cm³/mol. The topological polar surface area (TPSA) is 46.5 Å². The van der Waals surface area contributed by atoms with Gasteiger partial charge in [-0.3, -0.25) is 4.79 Å². The summed E-state index contributed by atoms with van der Waals surface area (Å²) in [7, 11) is 0. The van der Waals surface area contributed by atoms with Gasteiger partial charge in [-0.05, 0) is 52.7 Å². The molecular formula is C33H58O3. The van der Waals surface area contributed by atoms with Crippen LogP contribution in [0.15, 0.2) is 12.1 Å². The molecule has 0 aromatic heterocycles. The van der Waals surface area contributed by atoms with E-state index in [1.165, 1.54) is 77.0 Å². The molecule has 0 bridgehead atoms. The minimum Gasteiger partial charge on any atom is -0.507 e. The fourth-order valence-corrected chi connectivity index (χ4v) is 4.90. The van der Waals surface area contributed by atoms with Crippen molar-refractivity contribution in [2.45, 2.75) is 156 Å². The third-order valence-electron chi connectivity index (χ3n) is 7.32. The number of ether oxygens (including phenoxy) is 1. The molecule has 0 aliphatic carbocycles. The van der Waals surface area contributed by atoms with E-state index in [0.29, 0.717) is 31.1 Å². The largest absolute Gasteiger partial charge is 0.507 e. The molecule has 1 rings (SSSR count). The van der Waals surface area contributed by atoms with E-state index in [1.807, 2.05) is 0 Å². The minimum atomic E-state index is -0.165. The normalized spacial score (nSPS) is 13.1. The highest BCUT2D eigenvalue weighted by atomic mass is 16.5. The summed E-state index contributed by atoms with van der Waals surface area (Å²) in [5.74, 6) is 0.784. The predicted octanol–water partition coefficient (Wildman–Crippen LogP) is 9.80. The molecule has 1 aromatic carbocycles. The first kappa shape index (κ1) is 32.5. The number of phenolic OH excluding ortho intramolecular Hbond substituents is 1. The molecule has 1 unspecified atom stereocenters. The lowest BCUT2D eigenvalue weighted by atomic mass is 9.78. The van der Waals surface area contributed by atoms with Gasteiger partial charge < -0.3 is 9.84 Å². The van der Waals surface area contributed by atoms with Gasteiger partial charge in [0.15, 0.2) is 0 Å². The van der Waals surface area contributed by atoms with Crippen LogP contribution in [0, 0.1) is 5.92 Å². The molecule has 0 saturated heterocycles. The van der Waals surface area contributed by atoms with Gasteiger partial charge >= 0.3 is 5.97 Å². The molecule has 0 aliphatic heterocycles. The smallest absolute Gasteiger partial charge is 0.306 e. The van der Waals surface area contributed by atoms with Crippen LogP contribution in [0.4, 0.5) is 0 Å². The first-order valence-electron chi connectivity index (χ1n) is 14.9. The highest BCUT2D eigenvalue weighted by Crippen LogP contribution is 2.40. The summed E-state index contributed by atoms with van der Waals surface area (Å²) in [6.45, 7) is 17.8. The molecule has 208 valence electrons. The van der Waals surface area contributed by atoms with Gasteiger partial charge in [0.2, 0.25) is 0 Å². The molecule has 0 saturated carbocycles. The van der Waals surface area contributed by atoms with Gasteiger partial charge in [-0.2, -0.15) is 0 Å². The van der Waals surface area contributed by atoms with Crippen molar-refractivity contribution in [3.8, 4) is 5.75 Å². The fraction of sp³-hybridized carbons (Fsp3) is 0.788. The van der Waals surface area contributed by atoms with Gasteiger partial charge in [0.25, 0.3) is 0 Å². The van der Waals surface area contributed by atoms with Crippen molar-refractivity contribution in [2.75, 3.05) is 6.61 Å². The lowest BCUT2D eigenvalue weighted by Crippen LogP contribution is -2.18. The van der Waals surface area contributed by atoms with Crippen LogP contribution < -0.4 is 0 Å². The number of phenols is 1. The van der Waals surface area contributed by atoms with Gasteiger partial charge in [0.1, 0.15) is 5.75 Å². The van der Waals surface area contributed by atoms with Gasteiger partial charge in [-0.1, -0.05) is 132 Å². The second kappa shape index (κ2) is 16.4. The molecular weight excluding hydrogens is 444 g/mol. The van der Waals surface area contributed by atoms with Crippen LogP contribution in [0.1, 0.15) is 156 Å². The number of hydrogen-bond acceptors (Lipinski definition) is 3. The Hall–Kier alpha value is -1.51. The molecule has 0 fully saturated rings. The first-order chi connectivity index (χ1) is 16.9. The maximum Gasteiger partial charge on any atom is 0.306 e. The lowest BCUT2D eigenvalue weighted by molar-refractivity contribution is -0.145.